The topological polar surface area (TPSA) is 46.5 Å². The average Bonchev–Trinajstić information content (AvgIpc) is 2.29. The predicted molar refractivity (Wildman–Crippen MR) is 70.1 cm³/mol. The van der Waals surface area contributed by atoms with Crippen molar-refractivity contribution in [1.29, 1.82) is 0 Å². The molecule has 1 aromatic carbocycles. The Morgan fingerprint density at radius 1 is 1.41 bits per heavy atom. The summed E-state index contributed by atoms with van der Waals surface area (Å²) in [7, 11) is 0. The van der Waals surface area contributed by atoms with Crippen LogP contribution in [0.15, 0.2) is 28.7 Å². The molecule has 0 saturated carbocycles. The Kier molecular flexibility index (Phi) is 5.15. The lowest BCUT2D eigenvalue weighted by Gasteiger charge is -2.25. The van der Waals surface area contributed by atoms with Crippen molar-refractivity contribution in [1.82, 2.24) is 0 Å². The first-order chi connectivity index (χ1) is 7.98. The van der Waals surface area contributed by atoms with E-state index in [1.807, 2.05) is 31.2 Å². The third-order valence-corrected chi connectivity index (χ3v) is 3.06. The van der Waals surface area contributed by atoms with E-state index in [1.165, 1.54) is 0 Å². The van der Waals surface area contributed by atoms with Crippen LogP contribution in [0.5, 0.6) is 0 Å². The van der Waals surface area contributed by atoms with E-state index in [2.05, 4.69) is 15.9 Å². The zero-order chi connectivity index (χ0) is 12.9. The second-order valence-electron chi connectivity index (χ2n) is 4.19. The summed E-state index contributed by atoms with van der Waals surface area (Å²) in [5.74, 6) is -0.922. The molecule has 0 aliphatic carbocycles. The molecule has 94 valence electrons. The highest BCUT2D eigenvalue weighted by Gasteiger charge is 2.34. The first-order valence-electron chi connectivity index (χ1n) is 5.60. The molecule has 1 N–H and O–H groups in total. The number of hydrogen-bond acceptors (Lipinski definition) is 2. The van der Waals surface area contributed by atoms with Crippen molar-refractivity contribution in [3.63, 3.8) is 0 Å². The van der Waals surface area contributed by atoms with Gasteiger partial charge in [-0.2, -0.15) is 0 Å². The Balaban J connectivity index is 2.79. The number of ether oxygens (including phenoxy) is 1. The van der Waals surface area contributed by atoms with Crippen molar-refractivity contribution in [2.24, 2.45) is 0 Å². The summed E-state index contributed by atoms with van der Waals surface area (Å²) in [6.45, 7) is 4.04. The highest BCUT2D eigenvalue weighted by Crippen LogP contribution is 2.20. The van der Waals surface area contributed by atoms with Gasteiger partial charge in [-0.1, -0.05) is 35.0 Å². The van der Waals surface area contributed by atoms with Crippen LogP contribution in [0.1, 0.15) is 25.8 Å². The van der Waals surface area contributed by atoms with Gasteiger partial charge in [-0.15, -0.1) is 0 Å². The normalized spacial score (nSPS) is 14.3. The lowest BCUT2D eigenvalue weighted by Crippen LogP contribution is -2.40. The molecule has 0 bridgehead atoms. The number of carboxylic acids is 1. The fourth-order valence-corrected chi connectivity index (χ4v) is 1.77. The van der Waals surface area contributed by atoms with Crippen LogP contribution in [0, 0.1) is 0 Å². The Labute approximate surface area is 110 Å². The van der Waals surface area contributed by atoms with E-state index in [-0.39, 0.29) is 0 Å². The van der Waals surface area contributed by atoms with E-state index in [1.54, 1.807) is 6.92 Å². The molecular formula is C13H17BrO3. The molecular weight excluding hydrogens is 284 g/mol. The third-order valence-electron chi connectivity index (χ3n) is 2.53. The minimum Gasteiger partial charge on any atom is -0.479 e. The molecule has 0 radical (unpaired) electrons. The molecule has 0 spiro atoms. The summed E-state index contributed by atoms with van der Waals surface area (Å²) >= 11 is 3.35. The molecule has 0 aliphatic rings. The summed E-state index contributed by atoms with van der Waals surface area (Å²) in [6.07, 6.45) is 1.18. The van der Waals surface area contributed by atoms with E-state index in [0.717, 1.165) is 16.5 Å². The molecule has 1 atom stereocenters. The molecule has 17 heavy (non-hydrogen) atoms. The van der Waals surface area contributed by atoms with Gasteiger partial charge in [0.15, 0.2) is 5.60 Å². The Morgan fingerprint density at radius 3 is 2.47 bits per heavy atom. The molecule has 0 aliphatic heterocycles. The highest BCUT2D eigenvalue weighted by atomic mass is 79.9. The van der Waals surface area contributed by atoms with Gasteiger partial charge in [0.25, 0.3) is 0 Å². The summed E-state index contributed by atoms with van der Waals surface area (Å²) in [4.78, 5) is 11.3. The van der Waals surface area contributed by atoms with Crippen molar-refractivity contribution in [3.8, 4) is 0 Å². The van der Waals surface area contributed by atoms with E-state index in [0.29, 0.717) is 13.0 Å². The lowest BCUT2D eigenvalue weighted by molar-refractivity contribution is -0.163. The fourth-order valence-electron chi connectivity index (χ4n) is 1.51. The molecule has 3 nitrogen and oxygen atoms in total. The summed E-state index contributed by atoms with van der Waals surface area (Å²) in [5.41, 5.74) is -0.196. The number of rotatable bonds is 6. The molecule has 0 amide bonds. The molecule has 0 fully saturated rings. The van der Waals surface area contributed by atoms with E-state index >= 15 is 0 Å². The molecule has 0 saturated heterocycles. The molecule has 1 rings (SSSR count). The predicted octanol–water partition coefficient (Wildman–Crippen LogP) is 3.26. The zero-order valence-corrected chi connectivity index (χ0v) is 11.7. The quantitative estimate of drug-likeness (QED) is 0.877. The monoisotopic (exact) mass is 300 g/mol. The number of carbonyl (C=O) groups is 1. The van der Waals surface area contributed by atoms with Crippen LogP contribution < -0.4 is 0 Å². The SMILES string of the molecule is CCCOC(C)(Cc1ccc(Br)cc1)C(=O)O. The van der Waals surface area contributed by atoms with Crippen LogP contribution in [0.2, 0.25) is 0 Å². The highest BCUT2D eigenvalue weighted by molar-refractivity contribution is 9.10. The fraction of sp³-hybridized carbons (Fsp3) is 0.462. The summed E-state index contributed by atoms with van der Waals surface area (Å²) in [6, 6.07) is 7.61. The van der Waals surface area contributed by atoms with Crippen molar-refractivity contribution >= 4 is 21.9 Å². The van der Waals surface area contributed by atoms with Crippen LogP contribution in [-0.4, -0.2) is 23.3 Å². The molecule has 0 aromatic heterocycles. The Morgan fingerprint density at radius 2 is 2.00 bits per heavy atom. The van der Waals surface area contributed by atoms with Gasteiger partial charge >= 0.3 is 5.97 Å². The maximum atomic E-state index is 11.3. The Hall–Kier alpha value is -0.870. The van der Waals surface area contributed by atoms with Gasteiger partial charge in [0.05, 0.1) is 0 Å². The van der Waals surface area contributed by atoms with Gasteiger partial charge in [-0.25, -0.2) is 4.79 Å². The number of halogens is 1. The number of hydrogen-bond donors (Lipinski definition) is 1. The average molecular weight is 301 g/mol. The van der Waals surface area contributed by atoms with Gasteiger partial charge in [0.2, 0.25) is 0 Å². The first kappa shape index (κ1) is 14.2. The number of aliphatic carboxylic acids is 1. The van der Waals surface area contributed by atoms with Crippen molar-refractivity contribution in [2.75, 3.05) is 6.61 Å². The standard InChI is InChI=1S/C13H17BrO3/c1-3-8-17-13(2,12(15)16)9-10-4-6-11(14)7-5-10/h4-7H,3,8-9H2,1-2H3,(H,15,16). The zero-order valence-electron chi connectivity index (χ0n) is 10.1. The largest absolute Gasteiger partial charge is 0.479 e. The second-order valence-corrected chi connectivity index (χ2v) is 5.10. The van der Waals surface area contributed by atoms with E-state index in [9.17, 15) is 9.90 Å². The number of benzene rings is 1. The van der Waals surface area contributed by atoms with Crippen molar-refractivity contribution < 1.29 is 14.6 Å². The smallest absolute Gasteiger partial charge is 0.336 e. The summed E-state index contributed by atoms with van der Waals surface area (Å²) in [5, 5.41) is 9.24. The van der Waals surface area contributed by atoms with Crippen molar-refractivity contribution in [2.45, 2.75) is 32.3 Å². The van der Waals surface area contributed by atoms with E-state index in [4.69, 9.17) is 4.74 Å². The Bertz CT molecular complexity index is 375. The van der Waals surface area contributed by atoms with Crippen LogP contribution in [0.4, 0.5) is 0 Å². The molecule has 1 unspecified atom stereocenters. The molecule has 0 heterocycles. The van der Waals surface area contributed by atoms with Gasteiger partial charge in [0, 0.05) is 17.5 Å². The van der Waals surface area contributed by atoms with Crippen molar-refractivity contribution in [3.05, 3.63) is 34.3 Å². The van der Waals surface area contributed by atoms with Gasteiger partial charge in [-0.05, 0) is 31.0 Å². The van der Waals surface area contributed by atoms with E-state index < -0.39 is 11.6 Å². The minimum absolute atomic E-state index is 0.371. The molecule has 4 heteroatoms. The van der Waals surface area contributed by atoms with Gasteiger partial charge < -0.3 is 9.84 Å². The maximum Gasteiger partial charge on any atom is 0.336 e. The molecule has 1 aromatic rings. The van der Waals surface area contributed by atoms with Gasteiger partial charge in [-0.3, -0.25) is 0 Å². The summed E-state index contributed by atoms with van der Waals surface area (Å²) < 4.78 is 6.44. The lowest BCUT2D eigenvalue weighted by atomic mass is 9.96. The van der Waals surface area contributed by atoms with Gasteiger partial charge in [0.1, 0.15) is 0 Å². The first-order valence-corrected chi connectivity index (χ1v) is 6.39. The maximum absolute atomic E-state index is 11.3. The van der Waals surface area contributed by atoms with Crippen LogP contribution >= 0.6 is 15.9 Å². The third kappa shape index (κ3) is 4.13. The van der Waals surface area contributed by atoms with Crippen LogP contribution in [-0.2, 0) is 16.0 Å². The van der Waals surface area contributed by atoms with Crippen LogP contribution in [0.25, 0.3) is 0 Å². The second kappa shape index (κ2) is 6.17. The minimum atomic E-state index is -1.15. The number of carboxylic acid groups (broad SMARTS) is 1. The van der Waals surface area contributed by atoms with Crippen LogP contribution in [0.3, 0.4) is 0 Å².